The predicted octanol–water partition coefficient (Wildman–Crippen LogP) is 1.85. The lowest BCUT2D eigenvalue weighted by atomic mass is 10.0. The molecule has 0 amide bonds. The standard InChI is InChI=1S/C11H8BrNO3/c1-16-11(15)4-7-2-9(6-14)8(5-13)3-10(7)12/h2-3,6H,4H2,1H3. The van der Waals surface area contributed by atoms with Crippen LogP contribution in [0.2, 0.25) is 0 Å². The first kappa shape index (κ1) is 12.4. The number of hydrogen-bond donors (Lipinski definition) is 0. The number of rotatable bonds is 3. The number of hydrogen-bond acceptors (Lipinski definition) is 4. The summed E-state index contributed by atoms with van der Waals surface area (Å²) in [5, 5.41) is 8.77. The number of carbonyl (C=O) groups is 2. The van der Waals surface area contributed by atoms with Crippen molar-refractivity contribution in [1.29, 1.82) is 5.26 Å². The fourth-order valence-electron chi connectivity index (χ4n) is 1.19. The second-order valence-corrected chi connectivity index (χ2v) is 3.87. The molecule has 0 spiro atoms. The topological polar surface area (TPSA) is 67.2 Å². The Balaban J connectivity index is 3.17. The predicted molar refractivity (Wildman–Crippen MR) is 60.0 cm³/mol. The van der Waals surface area contributed by atoms with E-state index in [1.54, 1.807) is 0 Å². The van der Waals surface area contributed by atoms with Gasteiger partial charge >= 0.3 is 5.97 Å². The van der Waals surface area contributed by atoms with Gasteiger partial charge in [-0.05, 0) is 17.7 Å². The van der Waals surface area contributed by atoms with Crippen LogP contribution in [-0.2, 0) is 16.0 Å². The van der Waals surface area contributed by atoms with Gasteiger partial charge in [-0.1, -0.05) is 15.9 Å². The molecule has 4 nitrogen and oxygen atoms in total. The molecule has 0 aliphatic carbocycles. The molecule has 0 atom stereocenters. The highest BCUT2D eigenvalue weighted by molar-refractivity contribution is 9.10. The summed E-state index contributed by atoms with van der Waals surface area (Å²) in [7, 11) is 1.29. The molecule has 0 saturated heterocycles. The highest BCUT2D eigenvalue weighted by atomic mass is 79.9. The molecule has 0 N–H and O–H groups in total. The van der Waals surface area contributed by atoms with Gasteiger partial charge < -0.3 is 4.74 Å². The number of benzene rings is 1. The van der Waals surface area contributed by atoms with Crippen molar-refractivity contribution in [1.82, 2.24) is 0 Å². The quantitative estimate of drug-likeness (QED) is 0.626. The van der Waals surface area contributed by atoms with Gasteiger partial charge in [0.25, 0.3) is 0 Å². The zero-order valence-corrected chi connectivity index (χ0v) is 10.1. The maximum Gasteiger partial charge on any atom is 0.310 e. The van der Waals surface area contributed by atoms with Crippen LogP contribution >= 0.6 is 15.9 Å². The van der Waals surface area contributed by atoms with Gasteiger partial charge in [0.2, 0.25) is 0 Å². The van der Waals surface area contributed by atoms with E-state index >= 15 is 0 Å². The van der Waals surface area contributed by atoms with E-state index in [0.717, 1.165) is 0 Å². The van der Waals surface area contributed by atoms with Crippen molar-refractivity contribution in [2.24, 2.45) is 0 Å². The van der Waals surface area contributed by atoms with Crippen LogP contribution in [0.15, 0.2) is 16.6 Å². The number of esters is 1. The van der Waals surface area contributed by atoms with Crippen LogP contribution in [0.1, 0.15) is 21.5 Å². The third-order valence-electron chi connectivity index (χ3n) is 2.03. The summed E-state index contributed by atoms with van der Waals surface area (Å²) in [6.45, 7) is 0. The number of aldehydes is 1. The molecule has 0 heterocycles. The van der Waals surface area contributed by atoms with Gasteiger partial charge in [-0.25, -0.2) is 0 Å². The average Bonchev–Trinajstić information content (AvgIpc) is 2.30. The van der Waals surface area contributed by atoms with Crippen molar-refractivity contribution in [3.05, 3.63) is 33.3 Å². The van der Waals surface area contributed by atoms with E-state index < -0.39 is 5.97 Å². The van der Waals surface area contributed by atoms with Gasteiger partial charge in [0, 0.05) is 10.0 Å². The smallest absolute Gasteiger partial charge is 0.310 e. The van der Waals surface area contributed by atoms with Gasteiger partial charge in [-0.3, -0.25) is 9.59 Å². The summed E-state index contributed by atoms with van der Waals surface area (Å²) in [5.74, 6) is -0.401. The van der Waals surface area contributed by atoms with Crippen LogP contribution in [0.3, 0.4) is 0 Å². The zero-order valence-electron chi connectivity index (χ0n) is 8.49. The Morgan fingerprint density at radius 3 is 2.81 bits per heavy atom. The van der Waals surface area contributed by atoms with E-state index in [2.05, 4.69) is 20.7 Å². The fourth-order valence-corrected chi connectivity index (χ4v) is 1.68. The summed E-state index contributed by atoms with van der Waals surface area (Å²) in [5.41, 5.74) is 1.16. The number of ether oxygens (including phenoxy) is 1. The zero-order chi connectivity index (χ0) is 12.1. The lowest BCUT2D eigenvalue weighted by molar-refractivity contribution is -0.139. The molecule has 1 rings (SSSR count). The maximum absolute atomic E-state index is 11.1. The Morgan fingerprint density at radius 2 is 2.31 bits per heavy atom. The minimum absolute atomic E-state index is 0.0592. The van der Waals surface area contributed by atoms with Gasteiger partial charge in [0.05, 0.1) is 25.2 Å². The van der Waals surface area contributed by atoms with Crippen LogP contribution in [0.25, 0.3) is 0 Å². The molecule has 0 saturated carbocycles. The van der Waals surface area contributed by atoms with Gasteiger partial charge in [-0.15, -0.1) is 0 Å². The fraction of sp³-hybridized carbons (Fsp3) is 0.182. The second kappa shape index (κ2) is 5.42. The Morgan fingerprint density at radius 1 is 1.62 bits per heavy atom. The Bertz CT molecular complexity index is 477. The molecule has 16 heavy (non-hydrogen) atoms. The number of carbonyl (C=O) groups excluding carboxylic acids is 2. The molecule has 0 fully saturated rings. The van der Waals surface area contributed by atoms with Crippen molar-refractivity contribution in [2.75, 3.05) is 7.11 Å². The molecular weight excluding hydrogens is 274 g/mol. The van der Waals surface area contributed by atoms with E-state index in [9.17, 15) is 9.59 Å². The van der Waals surface area contributed by atoms with Crippen LogP contribution in [0.4, 0.5) is 0 Å². The lowest BCUT2D eigenvalue weighted by Gasteiger charge is -2.05. The average molecular weight is 282 g/mol. The number of nitrogens with zero attached hydrogens (tertiary/aromatic N) is 1. The lowest BCUT2D eigenvalue weighted by Crippen LogP contribution is -2.06. The summed E-state index contributed by atoms with van der Waals surface area (Å²) >= 11 is 3.23. The minimum atomic E-state index is -0.401. The van der Waals surface area contributed by atoms with Crippen LogP contribution in [0.5, 0.6) is 0 Å². The van der Waals surface area contributed by atoms with Crippen LogP contribution < -0.4 is 0 Å². The van der Waals surface area contributed by atoms with Crippen molar-refractivity contribution in [3.63, 3.8) is 0 Å². The van der Waals surface area contributed by atoms with E-state index in [1.807, 2.05) is 6.07 Å². The molecule has 82 valence electrons. The molecule has 1 aromatic rings. The van der Waals surface area contributed by atoms with E-state index in [-0.39, 0.29) is 17.5 Å². The van der Waals surface area contributed by atoms with E-state index in [0.29, 0.717) is 16.3 Å². The Labute approximate surface area is 101 Å². The summed E-state index contributed by atoms with van der Waals surface area (Å²) in [6.07, 6.45) is 0.648. The molecule has 1 aromatic carbocycles. The molecule has 0 aliphatic heterocycles. The van der Waals surface area contributed by atoms with Gasteiger partial charge in [0.15, 0.2) is 6.29 Å². The normalized spacial score (nSPS) is 9.31. The summed E-state index contributed by atoms with van der Waals surface area (Å²) < 4.78 is 5.14. The Kier molecular flexibility index (Phi) is 4.20. The third kappa shape index (κ3) is 2.67. The van der Waals surface area contributed by atoms with Crippen molar-refractivity contribution in [2.45, 2.75) is 6.42 Å². The molecular formula is C11H8BrNO3. The molecule has 0 aromatic heterocycles. The van der Waals surface area contributed by atoms with Crippen molar-refractivity contribution < 1.29 is 14.3 Å². The first-order valence-electron chi connectivity index (χ1n) is 4.37. The molecule has 0 radical (unpaired) electrons. The van der Waals surface area contributed by atoms with Gasteiger partial charge in [-0.2, -0.15) is 5.26 Å². The maximum atomic E-state index is 11.1. The monoisotopic (exact) mass is 281 g/mol. The second-order valence-electron chi connectivity index (χ2n) is 3.01. The first-order valence-corrected chi connectivity index (χ1v) is 5.16. The SMILES string of the molecule is COC(=O)Cc1cc(C=O)c(C#N)cc1Br. The van der Waals surface area contributed by atoms with Crippen LogP contribution in [0, 0.1) is 11.3 Å². The van der Waals surface area contributed by atoms with E-state index in [1.165, 1.54) is 19.2 Å². The number of halogens is 1. The van der Waals surface area contributed by atoms with E-state index in [4.69, 9.17) is 5.26 Å². The largest absolute Gasteiger partial charge is 0.469 e. The Hall–Kier alpha value is -1.67. The van der Waals surface area contributed by atoms with Crippen molar-refractivity contribution >= 4 is 28.2 Å². The number of methoxy groups -OCH3 is 1. The summed E-state index contributed by atoms with van der Waals surface area (Å²) in [6, 6.07) is 4.93. The highest BCUT2D eigenvalue weighted by Gasteiger charge is 2.11. The molecule has 5 heteroatoms. The summed E-state index contributed by atoms with van der Waals surface area (Å²) in [4.78, 5) is 21.8. The first-order chi connectivity index (χ1) is 7.62. The van der Waals surface area contributed by atoms with Gasteiger partial charge in [0.1, 0.15) is 0 Å². The van der Waals surface area contributed by atoms with Crippen LogP contribution in [-0.4, -0.2) is 19.4 Å². The molecule has 0 aliphatic rings. The molecule has 0 bridgehead atoms. The molecule has 0 unspecified atom stereocenters. The number of nitriles is 1. The highest BCUT2D eigenvalue weighted by Crippen LogP contribution is 2.22. The third-order valence-corrected chi connectivity index (χ3v) is 2.77. The minimum Gasteiger partial charge on any atom is -0.469 e. The van der Waals surface area contributed by atoms with Crippen molar-refractivity contribution in [3.8, 4) is 6.07 Å².